The number of carbonyl (C=O) groups is 2. The molecular weight excluding hydrogens is 1260 g/mol. The topological polar surface area (TPSA) is 303 Å². The van der Waals surface area contributed by atoms with Gasteiger partial charge in [-0.05, 0) is 145 Å². The van der Waals surface area contributed by atoms with Crippen LogP contribution in [-0.4, -0.2) is 75.1 Å². The van der Waals surface area contributed by atoms with E-state index in [4.69, 9.17) is 120 Å². The van der Waals surface area contributed by atoms with Crippen molar-refractivity contribution in [2.75, 3.05) is 24.5 Å². The largest absolute Gasteiger partial charge is 0.497 e. The Bertz CT molecular complexity index is 4150. The number of hydrogen-bond donors (Lipinski definition) is 7. The molecule has 12 aromatic rings. The number of aryl methyl sites for hydroxylation is 1. The molecule has 0 saturated heterocycles. The number of nitrogens with one attached hydrogen (secondary N) is 4. The number of Topliss-reactive ketones (excluding diaryl/α,β-unsaturated/α-hetero) is 2. The number of alkyl halides is 2. The number of benzene rings is 7. The van der Waals surface area contributed by atoms with Crippen molar-refractivity contribution in [2.45, 2.75) is 38.4 Å². The van der Waals surface area contributed by atoms with Crippen LogP contribution in [0.3, 0.4) is 0 Å². The molecule has 0 amide bonds. The van der Waals surface area contributed by atoms with Gasteiger partial charge in [0.2, 0.25) is 0 Å². The predicted molar refractivity (Wildman–Crippen MR) is 348 cm³/mol. The average Bonchev–Trinajstić information content (AvgIpc) is 3.91. The van der Waals surface area contributed by atoms with Crippen molar-refractivity contribution < 1.29 is 14.3 Å². The molecule has 0 bridgehead atoms. The molecule has 0 atom stereocenters. The molecule has 0 aliphatic rings. The van der Waals surface area contributed by atoms with Crippen LogP contribution in [0.15, 0.2) is 157 Å². The molecule has 12 rings (SSSR count). The summed E-state index contributed by atoms with van der Waals surface area (Å²) in [5, 5.41) is 43.5. The van der Waals surface area contributed by atoms with Crippen molar-refractivity contribution in [2.24, 2.45) is 10.8 Å². The number of carbonyl (C=O) groups excluding carboxylic acids is 2. The maximum Gasteiger partial charge on any atom is 0.179 e. The fourth-order valence-corrected chi connectivity index (χ4v) is 9.35. The first-order valence-corrected chi connectivity index (χ1v) is 28.9. The Morgan fingerprint density at radius 1 is 0.593 bits per heavy atom. The van der Waals surface area contributed by atoms with Crippen molar-refractivity contribution in [3.05, 3.63) is 232 Å². The molecule has 5 heterocycles. The van der Waals surface area contributed by atoms with Crippen LogP contribution in [0, 0.1) is 0 Å². The van der Waals surface area contributed by atoms with E-state index in [1.165, 1.54) is 6.07 Å². The van der Waals surface area contributed by atoms with Crippen molar-refractivity contribution in [3.63, 3.8) is 0 Å². The van der Waals surface area contributed by atoms with Crippen LogP contribution in [-0.2, 0) is 31.9 Å². The Balaban J connectivity index is 0.000000156. The minimum atomic E-state index is -0.211. The first-order chi connectivity index (χ1) is 41.5. The van der Waals surface area contributed by atoms with E-state index < -0.39 is 0 Å². The highest BCUT2D eigenvalue weighted by Crippen LogP contribution is 2.26. The molecule has 0 spiro atoms. The van der Waals surface area contributed by atoms with Crippen LogP contribution in [0.2, 0.25) is 30.1 Å². The van der Waals surface area contributed by atoms with Crippen molar-refractivity contribution in [1.29, 1.82) is 0 Å². The van der Waals surface area contributed by atoms with Gasteiger partial charge in [0.25, 0.3) is 0 Å². The number of anilines is 2. The number of azide groups is 1. The zero-order chi connectivity index (χ0) is 61.7. The van der Waals surface area contributed by atoms with Crippen LogP contribution in [0.1, 0.15) is 55.5 Å². The van der Waals surface area contributed by atoms with E-state index in [2.05, 4.69) is 55.9 Å². The summed E-state index contributed by atoms with van der Waals surface area (Å²) in [4.78, 5) is 26.4. The Hall–Kier alpha value is -8.04. The average molecular weight is 1320 g/mol. The maximum atomic E-state index is 12.6. The molecule has 0 aliphatic heterocycles. The maximum absolute atomic E-state index is 12.6. The number of nitrogens with zero attached hydrogens (tertiary/aromatic N) is 9. The summed E-state index contributed by atoms with van der Waals surface area (Å²) in [6.45, 7) is 1.31. The molecule has 10 N–H and O–H groups in total. The van der Waals surface area contributed by atoms with E-state index in [-0.39, 0.29) is 24.0 Å². The van der Waals surface area contributed by atoms with E-state index in [9.17, 15) is 9.59 Å². The monoisotopic (exact) mass is 1310 g/mol. The van der Waals surface area contributed by atoms with Gasteiger partial charge in [-0.25, -0.2) is 0 Å². The molecule has 27 heteroatoms. The number of H-pyrrole nitrogens is 4. The normalized spacial score (nSPS) is 10.5. The number of ether oxygens (including phenoxy) is 1. The van der Waals surface area contributed by atoms with Gasteiger partial charge in [0, 0.05) is 104 Å². The lowest BCUT2D eigenvalue weighted by atomic mass is 10.1. The second kappa shape index (κ2) is 32.5. The Morgan fingerprint density at radius 2 is 1.06 bits per heavy atom. The second-order valence-electron chi connectivity index (χ2n) is 18.2. The molecule has 0 radical (unpaired) electrons. The highest BCUT2D eigenvalue weighted by Gasteiger charge is 2.14. The third kappa shape index (κ3) is 18.7. The highest BCUT2D eigenvalue weighted by atomic mass is 35.5. The molecule has 0 unspecified atom stereocenters. The van der Waals surface area contributed by atoms with Crippen molar-refractivity contribution in [1.82, 2.24) is 50.6 Å². The summed E-state index contributed by atoms with van der Waals surface area (Å²) < 4.78 is 6.93. The Kier molecular flexibility index (Phi) is 24.7. The van der Waals surface area contributed by atoms with E-state index in [1.54, 1.807) is 78.8 Å². The summed E-state index contributed by atoms with van der Waals surface area (Å²) >= 11 is 45.8. The van der Waals surface area contributed by atoms with Gasteiger partial charge in [0.15, 0.2) is 11.6 Å². The first-order valence-electron chi connectivity index (χ1n) is 25.6. The van der Waals surface area contributed by atoms with Crippen LogP contribution in [0.4, 0.5) is 11.4 Å². The number of nitrogen functional groups attached to an aromatic ring is 2. The van der Waals surface area contributed by atoms with Crippen LogP contribution in [0.5, 0.6) is 5.75 Å². The van der Waals surface area contributed by atoms with Gasteiger partial charge in [-0.1, -0.05) is 86.9 Å². The van der Waals surface area contributed by atoms with Crippen molar-refractivity contribution in [3.8, 4) is 5.75 Å². The SMILES string of the molecule is COc1ccc(Cn2cc(C(=O)CCc3[nH]nc4ccc(Cl)cc34)cn2)cc1.ClCc1[nH]nc2ccc(Cl)cc12.NCc1[nH]nc2ccc(Cl)cc12.Nc1ccc(Cl)cc1.Nc1ccc(Cl)cc1C(=O)CCl.[N-]=[N+]=NCc1[nH]nc2ccc(Cl)cc12. The molecular formula is C59H52Cl8N16O3. The summed E-state index contributed by atoms with van der Waals surface area (Å²) in [6.07, 6.45) is 4.35. The van der Waals surface area contributed by atoms with Crippen molar-refractivity contribution >= 4 is 159 Å². The number of hydrogen-bond acceptors (Lipinski definition) is 12. The van der Waals surface area contributed by atoms with E-state index in [0.717, 1.165) is 88.4 Å². The van der Waals surface area contributed by atoms with Crippen LogP contribution >= 0.6 is 92.8 Å². The number of halogens is 8. The summed E-state index contributed by atoms with van der Waals surface area (Å²) in [6, 6.07) is 41.5. The van der Waals surface area contributed by atoms with Crippen LogP contribution in [0.25, 0.3) is 54.1 Å². The first kappa shape index (κ1) is 65.5. The third-order valence-electron chi connectivity index (χ3n) is 12.4. The van der Waals surface area contributed by atoms with Gasteiger partial charge >= 0.3 is 0 Å². The minimum Gasteiger partial charge on any atom is -0.497 e. The van der Waals surface area contributed by atoms with E-state index in [0.29, 0.717) is 73.7 Å². The second-order valence-corrected chi connectivity index (χ2v) is 21.4. The number of ketones is 2. The zero-order valence-electron chi connectivity index (χ0n) is 45.4. The molecule has 7 aromatic carbocycles. The summed E-state index contributed by atoms with van der Waals surface area (Å²) in [7, 11) is 1.64. The molecule has 442 valence electrons. The molecule has 0 aliphatic carbocycles. The lowest BCUT2D eigenvalue weighted by molar-refractivity contribution is 0.0980. The number of aromatic nitrogens is 10. The third-order valence-corrected chi connectivity index (χ3v) is 14.3. The minimum absolute atomic E-state index is 0.0470. The van der Waals surface area contributed by atoms with Gasteiger partial charge in [0.1, 0.15) is 5.75 Å². The number of fused-ring (bicyclic) bond motifs is 4. The quantitative estimate of drug-likeness (QED) is 0.0142. The van der Waals surface area contributed by atoms with Gasteiger partial charge < -0.3 is 21.9 Å². The highest BCUT2D eigenvalue weighted by molar-refractivity contribution is 6.34. The fraction of sp³-hybridized carbons (Fsp3) is 0.136. The fourth-order valence-electron chi connectivity index (χ4n) is 8.01. The van der Waals surface area contributed by atoms with Gasteiger partial charge in [0.05, 0.1) is 77.2 Å². The summed E-state index contributed by atoms with van der Waals surface area (Å²) in [5.41, 5.74) is 34.8. The number of methoxy groups -OCH3 is 1. The Morgan fingerprint density at radius 3 is 1.56 bits per heavy atom. The molecule has 0 saturated carbocycles. The van der Waals surface area contributed by atoms with E-state index in [1.807, 2.05) is 78.9 Å². The number of aromatic amines is 4. The molecule has 0 fully saturated rings. The summed E-state index contributed by atoms with van der Waals surface area (Å²) in [5.74, 6) is 0.997. The van der Waals surface area contributed by atoms with Gasteiger partial charge in [-0.2, -0.15) is 25.5 Å². The smallest absolute Gasteiger partial charge is 0.179 e. The molecule has 86 heavy (non-hydrogen) atoms. The zero-order valence-corrected chi connectivity index (χ0v) is 51.4. The molecule has 19 nitrogen and oxygen atoms in total. The number of rotatable bonds is 13. The predicted octanol–water partition coefficient (Wildman–Crippen LogP) is 16.2. The molecule has 5 aromatic heterocycles. The number of nitrogens with two attached hydrogens (primary N) is 3. The van der Waals surface area contributed by atoms with E-state index >= 15 is 0 Å². The van der Waals surface area contributed by atoms with Crippen LogP contribution < -0.4 is 21.9 Å². The lowest BCUT2D eigenvalue weighted by Gasteiger charge is -2.03. The van der Waals surface area contributed by atoms with Gasteiger partial charge in [-0.3, -0.25) is 34.7 Å². The lowest BCUT2D eigenvalue weighted by Crippen LogP contribution is -2.04. The Labute approximate surface area is 531 Å². The van der Waals surface area contributed by atoms with Gasteiger partial charge in [-0.15, -0.1) is 23.2 Å². The standard InChI is InChI=1S/C21H19ClN4O2.C8H6Cl2N2.C8H7Cl2NO.C8H6ClN5.C8H8ClN3.C6H6ClN/c1-28-17-5-2-14(3-6-17)12-26-13-15(11-23-26)21(27)9-8-20-18-10-16(22)4-7-19(18)24-25-20;9-4-8-6-3-5(10)1-2-7(6)11-12-8;9-4-8(12)6-3-5(10)1-2-7(6)11;9-5-1-2-7-6(3-5)8(13-12-7)4-11-14-10;9-5-1-2-7-6(3-5)8(4-10)12-11-7;7-5-1-3-6(8)4-2-5/h2-7,10-11,13H,8-9,12H2,1H3,(H,24,25);1-3H,4H2,(H,11,12);1-3H,4,11H2;1-3H,4H2,(H,12,13);1-3H,4,10H2,(H,11,12);1-4H,8H2.